The van der Waals surface area contributed by atoms with Gasteiger partial charge < -0.3 is 19.5 Å². The molecule has 2 saturated heterocycles. The average Bonchev–Trinajstić information content (AvgIpc) is 3.66. The number of aliphatic hydroxyl groups is 1. The van der Waals surface area contributed by atoms with Crippen molar-refractivity contribution < 1.29 is 5.11 Å². The van der Waals surface area contributed by atoms with Crippen molar-refractivity contribution in [3.63, 3.8) is 0 Å². The molecule has 2 aliphatic heterocycles. The monoisotopic (exact) mass is 555 g/mol. The van der Waals surface area contributed by atoms with Crippen LogP contribution in [0.25, 0.3) is 10.9 Å². The summed E-state index contributed by atoms with van der Waals surface area (Å²) in [5.41, 5.74) is 6.26. The Hall–Kier alpha value is -3.69. The summed E-state index contributed by atoms with van der Waals surface area (Å²) in [5, 5.41) is 17.9. The van der Waals surface area contributed by atoms with Crippen LogP contribution in [0.15, 0.2) is 59.9 Å². The summed E-state index contributed by atoms with van der Waals surface area (Å²) in [6.45, 7) is 11.0. The van der Waals surface area contributed by atoms with Crippen LogP contribution >= 0.6 is 0 Å². The summed E-state index contributed by atoms with van der Waals surface area (Å²) in [4.78, 5) is 25.5. The molecule has 2 atom stereocenters. The molecule has 41 heavy (non-hydrogen) atoms. The molecular weight excluding hydrogens is 514 g/mol. The van der Waals surface area contributed by atoms with Gasteiger partial charge in [0.05, 0.1) is 23.5 Å². The Morgan fingerprint density at radius 3 is 2.66 bits per heavy atom. The molecule has 6 rings (SSSR count). The summed E-state index contributed by atoms with van der Waals surface area (Å²) in [5.74, 6) is 0. The standard InChI is InChI=1S/C32H41N7O2/c1-22(2)39-19-25(32(41)30-7-6-26(14-31(30)39)37-12-9-29(40)21-37)18-38(17-24-8-10-33-23(3)13-24)27-5-4-11-36(20-27)28-15-34-35-16-28/h6-8,10,13-16,19,22,27,29,40H,4-5,9,11-12,17-18,20-21H2,1-3H3,(H,34,35)/t27-,29+/m0/s1. The molecule has 0 aliphatic carbocycles. The Bertz CT molecular complexity index is 1550. The van der Waals surface area contributed by atoms with Gasteiger partial charge in [-0.05, 0) is 75.9 Å². The van der Waals surface area contributed by atoms with Gasteiger partial charge >= 0.3 is 0 Å². The number of piperidine rings is 1. The third-order valence-corrected chi connectivity index (χ3v) is 8.66. The van der Waals surface area contributed by atoms with Crippen LogP contribution in [-0.2, 0) is 13.1 Å². The molecule has 0 spiro atoms. The fraction of sp³-hybridized carbons (Fsp3) is 0.469. The number of nitrogens with zero attached hydrogens (tertiary/aromatic N) is 6. The number of hydrogen-bond acceptors (Lipinski definition) is 7. The SMILES string of the molecule is Cc1cc(CN(Cc2cn(C(C)C)c3cc(N4CC[C@@H](O)C4)ccc3c2=O)[C@H]2CCCN(c3cn[nH]c3)C2)ccn1. The van der Waals surface area contributed by atoms with Crippen molar-refractivity contribution in [1.29, 1.82) is 0 Å². The van der Waals surface area contributed by atoms with Crippen LogP contribution in [0.2, 0.25) is 0 Å². The lowest BCUT2D eigenvalue weighted by Gasteiger charge is -2.40. The number of fused-ring (bicyclic) bond motifs is 1. The van der Waals surface area contributed by atoms with Crippen LogP contribution in [0.5, 0.6) is 0 Å². The number of rotatable bonds is 8. The molecule has 0 bridgehead atoms. The molecule has 2 aliphatic rings. The van der Waals surface area contributed by atoms with Crippen molar-refractivity contribution in [3.05, 3.63) is 82.2 Å². The number of aryl methyl sites for hydroxylation is 1. The molecule has 2 fully saturated rings. The van der Waals surface area contributed by atoms with Crippen LogP contribution in [0, 0.1) is 6.92 Å². The van der Waals surface area contributed by atoms with Crippen molar-refractivity contribution in [2.24, 2.45) is 0 Å². The van der Waals surface area contributed by atoms with Crippen LogP contribution in [-0.4, -0.2) is 68.1 Å². The van der Waals surface area contributed by atoms with E-state index in [9.17, 15) is 9.90 Å². The highest BCUT2D eigenvalue weighted by Crippen LogP contribution is 2.28. The van der Waals surface area contributed by atoms with E-state index in [4.69, 9.17) is 0 Å². The number of hydrogen-bond donors (Lipinski definition) is 2. The fourth-order valence-corrected chi connectivity index (χ4v) is 6.48. The predicted molar refractivity (Wildman–Crippen MR) is 163 cm³/mol. The highest BCUT2D eigenvalue weighted by Gasteiger charge is 2.28. The number of aromatic nitrogens is 4. The zero-order valence-electron chi connectivity index (χ0n) is 24.3. The number of anilines is 2. The minimum Gasteiger partial charge on any atom is -0.391 e. The van der Waals surface area contributed by atoms with Crippen LogP contribution in [0.4, 0.5) is 11.4 Å². The highest BCUT2D eigenvalue weighted by atomic mass is 16.3. The maximum atomic E-state index is 14.0. The van der Waals surface area contributed by atoms with Crippen LogP contribution < -0.4 is 15.2 Å². The molecule has 9 nitrogen and oxygen atoms in total. The summed E-state index contributed by atoms with van der Waals surface area (Å²) >= 11 is 0. The first-order valence-electron chi connectivity index (χ1n) is 14.9. The minimum absolute atomic E-state index is 0.100. The number of H-pyrrole nitrogens is 1. The molecule has 4 aromatic rings. The van der Waals surface area contributed by atoms with Gasteiger partial charge in [0, 0.05) is 92.3 Å². The second kappa shape index (κ2) is 11.7. The molecule has 9 heteroatoms. The Morgan fingerprint density at radius 2 is 1.93 bits per heavy atom. The van der Waals surface area contributed by atoms with Crippen LogP contribution in [0.3, 0.4) is 0 Å². The third kappa shape index (κ3) is 5.87. The van der Waals surface area contributed by atoms with E-state index in [1.165, 1.54) is 5.56 Å². The van der Waals surface area contributed by atoms with Crippen molar-refractivity contribution in [1.82, 2.24) is 24.6 Å². The van der Waals surface area contributed by atoms with Gasteiger partial charge in [-0.15, -0.1) is 0 Å². The summed E-state index contributed by atoms with van der Waals surface area (Å²) < 4.78 is 2.25. The molecule has 0 amide bonds. The lowest BCUT2D eigenvalue weighted by atomic mass is 10.0. The summed E-state index contributed by atoms with van der Waals surface area (Å²) in [6, 6.07) is 10.9. The molecule has 1 aromatic carbocycles. The van der Waals surface area contributed by atoms with Crippen molar-refractivity contribution in [3.8, 4) is 0 Å². The van der Waals surface area contributed by atoms with Gasteiger partial charge in [0.1, 0.15) is 0 Å². The van der Waals surface area contributed by atoms with E-state index in [-0.39, 0.29) is 17.6 Å². The first-order valence-corrected chi connectivity index (χ1v) is 14.9. The highest BCUT2D eigenvalue weighted by molar-refractivity contribution is 5.83. The number of β-amino-alcohol motifs (C(OH)–C–C–N with tert-alkyl or cyclic N) is 1. The number of aromatic amines is 1. The summed E-state index contributed by atoms with van der Waals surface area (Å²) in [6.07, 6.45) is 10.5. The first kappa shape index (κ1) is 27.5. The Morgan fingerprint density at radius 1 is 1.07 bits per heavy atom. The Balaban J connectivity index is 1.36. The molecule has 2 N–H and O–H groups in total. The molecule has 0 saturated carbocycles. The maximum Gasteiger partial charge on any atom is 0.193 e. The summed E-state index contributed by atoms with van der Waals surface area (Å²) in [7, 11) is 0. The predicted octanol–water partition coefficient (Wildman–Crippen LogP) is 4.25. The van der Waals surface area contributed by atoms with Crippen molar-refractivity contribution in [2.75, 3.05) is 36.0 Å². The van der Waals surface area contributed by atoms with E-state index >= 15 is 0 Å². The lowest BCUT2D eigenvalue weighted by Crippen LogP contribution is -2.48. The molecule has 0 unspecified atom stereocenters. The third-order valence-electron chi connectivity index (χ3n) is 8.66. The van der Waals surface area contributed by atoms with Crippen molar-refractivity contribution in [2.45, 2.75) is 71.3 Å². The molecule has 3 aromatic heterocycles. The number of benzene rings is 1. The van der Waals surface area contributed by atoms with Gasteiger partial charge in [0.2, 0.25) is 0 Å². The van der Waals surface area contributed by atoms with E-state index < -0.39 is 0 Å². The van der Waals surface area contributed by atoms with Gasteiger partial charge in [0.25, 0.3) is 0 Å². The van der Waals surface area contributed by atoms with Crippen molar-refractivity contribution >= 4 is 22.3 Å². The van der Waals surface area contributed by atoms with Crippen LogP contribution in [0.1, 0.15) is 56.0 Å². The van der Waals surface area contributed by atoms with Gasteiger partial charge in [-0.25, -0.2) is 0 Å². The van der Waals surface area contributed by atoms with Gasteiger partial charge in [-0.1, -0.05) is 0 Å². The van der Waals surface area contributed by atoms with Gasteiger partial charge in [0.15, 0.2) is 5.43 Å². The zero-order chi connectivity index (χ0) is 28.5. The van der Waals surface area contributed by atoms with E-state index in [2.05, 4.69) is 72.7 Å². The Labute approximate surface area is 241 Å². The number of nitrogens with one attached hydrogen (secondary N) is 1. The maximum absolute atomic E-state index is 14.0. The number of pyridine rings is 2. The van der Waals surface area contributed by atoms with E-state index in [0.717, 1.165) is 79.0 Å². The smallest absolute Gasteiger partial charge is 0.193 e. The quantitative estimate of drug-likeness (QED) is 0.336. The van der Waals surface area contributed by atoms with E-state index in [1.54, 1.807) is 0 Å². The van der Waals surface area contributed by atoms with Gasteiger partial charge in [-0.2, -0.15) is 5.10 Å². The lowest BCUT2D eigenvalue weighted by molar-refractivity contribution is 0.158. The van der Waals surface area contributed by atoms with Gasteiger partial charge in [-0.3, -0.25) is 19.8 Å². The second-order valence-corrected chi connectivity index (χ2v) is 12.0. The zero-order valence-corrected chi connectivity index (χ0v) is 24.3. The van der Waals surface area contributed by atoms with E-state index in [0.29, 0.717) is 19.1 Å². The molecular formula is C32H41N7O2. The minimum atomic E-state index is -0.292. The Kier molecular flexibility index (Phi) is 7.81. The fourth-order valence-electron chi connectivity index (χ4n) is 6.48. The topological polar surface area (TPSA) is 93.5 Å². The number of aliphatic hydroxyl groups excluding tert-OH is 1. The molecule has 5 heterocycles. The van der Waals surface area contributed by atoms with E-state index in [1.807, 2.05) is 37.6 Å². The first-order chi connectivity index (χ1) is 19.9. The average molecular weight is 556 g/mol. The molecule has 216 valence electrons. The largest absolute Gasteiger partial charge is 0.391 e. The normalized spacial score (nSPS) is 19.7. The second-order valence-electron chi connectivity index (χ2n) is 12.0. The molecule has 0 radical (unpaired) electrons.